The summed E-state index contributed by atoms with van der Waals surface area (Å²) in [5.74, 6) is 0.575. The first-order valence-electron chi connectivity index (χ1n) is 11.7. The molecule has 4 rings (SSSR count). The van der Waals surface area contributed by atoms with E-state index in [1.165, 1.54) is 11.3 Å². The third-order valence-electron chi connectivity index (χ3n) is 5.61. The Balaban J connectivity index is 1.31. The molecule has 2 aromatic heterocycles. The van der Waals surface area contributed by atoms with Crippen molar-refractivity contribution in [2.24, 2.45) is 0 Å². The van der Waals surface area contributed by atoms with Crippen molar-refractivity contribution in [1.82, 2.24) is 15.3 Å². The summed E-state index contributed by atoms with van der Waals surface area (Å²) in [6.07, 6.45) is 2.82. The Morgan fingerprint density at radius 3 is 2.43 bits per heavy atom. The Hall–Kier alpha value is -3.46. The van der Waals surface area contributed by atoms with E-state index in [0.29, 0.717) is 10.7 Å². The van der Waals surface area contributed by atoms with Crippen LogP contribution in [0.4, 0.5) is 15.7 Å². The minimum atomic E-state index is -0.509. The molecule has 3 aromatic rings. The van der Waals surface area contributed by atoms with Crippen LogP contribution in [0.2, 0.25) is 0 Å². The number of hydrogen-bond acceptors (Lipinski definition) is 7. The van der Waals surface area contributed by atoms with Gasteiger partial charge >= 0.3 is 6.09 Å². The van der Waals surface area contributed by atoms with Crippen LogP contribution >= 0.6 is 11.3 Å². The number of aryl methyl sites for hydroxylation is 1. The van der Waals surface area contributed by atoms with E-state index in [2.05, 4.69) is 25.5 Å². The lowest BCUT2D eigenvalue weighted by Crippen LogP contribution is -2.46. The van der Waals surface area contributed by atoms with Crippen molar-refractivity contribution < 1.29 is 14.3 Å². The minimum Gasteiger partial charge on any atom is -0.444 e. The highest BCUT2D eigenvalue weighted by Gasteiger charge is 2.24. The summed E-state index contributed by atoms with van der Waals surface area (Å²) in [7, 11) is 0. The monoisotopic (exact) mass is 493 g/mol. The number of piperidine rings is 1. The fourth-order valence-corrected chi connectivity index (χ4v) is 4.75. The molecule has 0 unspecified atom stereocenters. The Kier molecular flexibility index (Phi) is 7.35. The number of nitrogens with one attached hydrogen (secondary N) is 2. The molecule has 184 valence electrons. The molecule has 0 aliphatic carbocycles. The molecule has 1 aliphatic heterocycles. The van der Waals surface area contributed by atoms with Crippen molar-refractivity contribution >= 4 is 34.3 Å². The number of aromatic nitrogens is 2. The zero-order chi connectivity index (χ0) is 25.0. The van der Waals surface area contributed by atoms with Crippen molar-refractivity contribution in [3.05, 3.63) is 59.1 Å². The van der Waals surface area contributed by atoms with Gasteiger partial charge in [0.25, 0.3) is 5.91 Å². The van der Waals surface area contributed by atoms with E-state index in [0.717, 1.165) is 47.9 Å². The van der Waals surface area contributed by atoms with Gasteiger partial charge in [-0.05, 0) is 52.7 Å². The van der Waals surface area contributed by atoms with Crippen LogP contribution in [0.1, 0.15) is 48.8 Å². The van der Waals surface area contributed by atoms with E-state index in [1.807, 2.05) is 64.1 Å². The first kappa shape index (κ1) is 24.7. The van der Waals surface area contributed by atoms with Crippen molar-refractivity contribution in [3.8, 4) is 11.3 Å². The average molecular weight is 494 g/mol. The number of rotatable bonds is 5. The second-order valence-electron chi connectivity index (χ2n) is 9.56. The lowest BCUT2D eigenvalue weighted by atomic mass is 10.1. The summed E-state index contributed by atoms with van der Waals surface area (Å²) in [4.78, 5) is 37.1. The average Bonchev–Trinajstić information content (AvgIpc) is 3.19. The Labute approximate surface area is 209 Å². The van der Waals surface area contributed by atoms with Crippen LogP contribution < -0.4 is 15.5 Å². The van der Waals surface area contributed by atoms with Crippen LogP contribution in [-0.2, 0) is 4.74 Å². The fraction of sp³-hybridized carbons (Fsp3) is 0.385. The van der Waals surface area contributed by atoms with Gasteiger partial charge in [0.1, 0.15) is 11.4 Å². The van der Waals surface area contributed by atoms with E-state index < -0.39 is 5.60 Å². The van der Waals surface area contributed by atoms with Gasteiger partial charge in [-0.1, -0.05) is 30.3 Å². The molecular weight excluding hydrogens is 462 g/mol. The molecule has 0 saturated carbocycles. The number of amides is 2. The predicted molar refractivity (Wildman–Crippen MR) is 139 cm³/mol. The van der Waals surface area contributed by atoms with E-state index in [-0.39, 0.29) is 18.0 Å². The zero-order valence-electron chi connectivity index (χ0n) is 20.5. The van der Waals surface area contributed by atoms with Crippen molar-refractivity contribution in [3.63, 3.8) is 0 Å². The van der Waals surface area contributed by atoms with Gasteiger partial charge < -0.3 is 15.0 Å². The number of pyridine rings is 1. The molecule has 0 atom stereocenters. The van der Waals surface area contributed by atoms with Gasteiger partial charge in [0.2, 0.25) is 0 Å². The van der Waals surface area contributed by atoms with E-state index in [4.69, 9.17) is 4.74 Å². The molecule has 0 radical (unpaired) electrons. The number of benzene rings is 1. The maximum atomic E-state index is 12.8. The highest BCUT2D eigenvalue weighted by molar-refractivity contribution is 7.16. The summed E-state index contributed by atoms with van der Waals surface area (Å²) in [6, 6.07) is 13.6. The second kappa shape index (κ2) is 10.4. The molecule has 0 spiro atoms. The number of nitrogens with zero attached hydrogens (tertiary/aromatic N) is 3. The third-order valence-corrected chi connectivity index (χ3v) is 6.50. The molecular formula is C26H31N5O3S. The van der Waals surface area contributed by atoms with Gasteiger partial charge in [-0.15, -0.1) is 11.3 Å². The van der Waals surface area contributed by atoms with Crippen molar-refractivity contribution in [1.29, 1.82) is 0 Å². The normalized spacial score (nSPS) is 14.5. The topological polar surface area (TPSA) is 96.5 Å². The molecule has 1 fully saturated rings. The van der Waals surface area contributed by atoms with Crippen LogP contribution in [0.25, 0.3) is 11.3 Å². The highest BCUT2D eigenvalue weighted by Crippen LogP contribution is 2.30. The van der Waals surface area contributed by atoms with Crippen molar-refractivity contribution in [2.75, 3.05) is 23.3 Å². The van der Waals surface area contributed by atoms with Gasteiger partial charge in [0, 0.05) is 35.8 Å². The number of alkyl carbamates (subject to hydrolysis) is 1. The molecule has 0 bridgehead atoms. The quantitative estimate of drug-likeness (QED) is 0.503. The summed E-state index contributed by atoms with van der Waals surface area (Å²) < 4.78 is 5.34. The number of carbonyl (C=O) groups excluding carboxylic acids is 2. The second-order valence-corrected chi connectivity index (χ2v) is 10.8. The van der Waals surface area contributed by atoms with Crippen LogP contribution in [0.5, 0.6) is 0 Å². The summed E-state index contributed by atoms with van der Waals surface area (Å²) in [6.45, 7) is 9.08. The SMILES string of the molecule is Cc1sc(NC(=O)c2ccc(N3CCC(NC(=O)OC(C)(C)C)CC3)nc2)nc1-c1ccccc1. The number of ether oxygens (including phenoxy) is 1. The third kappa shape index (κ3) is 6.57. The van der Waals surface area contributed by atoms with Gasteiger partial charge in [-0.25, -0.2) is 14.8 Å². The van der Waals surface area contributed by atoms with Crippen LogP contribution in [0, 0.1) is 6.92 Å². The zero-order valence-corrected chi connectivity index (χ0v) is 21.3. The number of carbonyl (C=O) groups is 2. The Morgan fingerprint density at radius 1 is 1.09 bits per heavy atom. The molecule has 8 nitrogen and oxygen atoms in total. The lowest BCUT2D eigenvalue weighted by Gasteiger charge is -2.33. The number of anilines is 2. The van der Waals surface area contributed by atoms with Crippen LogP contribution in [0.3, 0.4) is 0 Å². The molecule has 35 heavy (non-hydrogen) atoms. The maximum Gasteiger partial charge on any atom is 0.407 e. The first-order valence-corrected chi connectivity index (χ1v) is 12.5. The molecule has 3 heterocycles. The maximum absolute atomic E-state index is 12.8. The number of thiazole rings is 1. The molecule has 2 N–H and O–H groups in total. The van der Waals surface area contributed by atoms with E-state index in [1.54, 1.807) is 12.3 Å². The molecule has 9 heteroatoms. The largest absolute Gasteiger partial charge is 0.444 e. The summed E-state index contributed by atoms with van der Waals surface area (Å²) in [5.41, 5.74) is 1.87. The van der Waals surface area contributed by atoms with E-state index >= 15 is 0 Å². The smallest absolute Gasteiger partial charge is 0.407 e. The summed E-state index contributed by atoms with van der Waals surface area (Å²) >= 11 is 1.45. The van der Waals surface area contributed by atoms with E-state index in [9.17, 15) is 9.59 Å². The Morgan fingerprint density at radius 2 is 1.80 bits per heavy atom. The summed E-state index contributed by atoms with van der Waals surface area (Å²) in [5, 5.41) is 6.40. The fourth-order valence-electron chi connectivity index (χ4n) is 3.92. The molecule has 2 amide bonds. The minimum absolute atomic E-state index is 0.0775. The highest BCUT2D eigenvalue weighted by atomic mass is 32.1. The lowest BCUT2D eigenvalue weighted by molar-refractivity contribution is 0.0497. The Bertz CT molecular complexity index is 1160. The van der Waals surface area contributed by atoms with Gasteiger partial charge in [0.05, 0.1) is 11.3 Å². The van der Waals surface area contributed by atoms with Gasteiger partial charge in [-0.3, -0.25) is 10.1 Å². The first-order chi connectivity index (χ1) is 16.7. The van der Waals surface area contributed by atoms with Gasteiger partial charge in [0.15, 0.2) is 5.13 Å². The molecule has 1 aromatic carbocycles. The predicted octanol–water partition coefficient (Wildman–Crippen LogP) is 5.26. The van der Waals surface area contributed by atoms with Crippen molar-refractivity contribution in [2.45, 2.75) is 52.2 Å². The number of hydrogen-bond donors (Lipinski definition) is 2. The standard InChI is InChI=1S/C26H31N5O3S/c1-17-22(18-8-6-5-7-9-18)29-24(35-17)30-23(32)19-10-11-21(27-16-19)31-14-12-20(13-15-31)28-25(33)34-26(2,3)4/h5-11,16,20H,12-15H2,1-4H3,(H,28,33)(H,29,30,32). The van der Waals surface area contributed by atoms with Crippen LogP contribution in [0.15, 0.2) is 48.7 Å². The van der Waals surface area contributed by atoms with Crippen LogP contribution in [-0.4, -0.2) is 46.7 Å². The molecule has 1 saturated heterocycles. The molecule has 1 aliphatic rings. The van der Waals surface area contributed by atoms with Gasteiger partial charge in [-0.2, -0.15) is 0 Å².